The Labute approximate surface area is 158 Å². The molecule has 2 N–H and O–H groups in total. The van der Waals surface area contributed by atoms with Gasteiger partial charge in [0.25, 0.3) is 5.91 Å². The third-order valence-corrected chi connectivity index (χ3v) is 4.39. The number of nitrogens with one attached hydrogen (secondary N) is 2. The van der Waals surface area contributed by atoms with E-state index < -0.39 is 0 Å². The van der Waals surface area contributed by atoms with Crippen LogP contribution >= 0.6 is 12.4 Å². The van der Waals surface area contributed by atoms with Crippen molar-refractivity contribution in [3.8, 4) is 17.1 Å². The normalized spacial score (nSPS) is 14.6. The van der Waals surface area contributed by atoms with E-state index in [2.05, 4.69) is 15.7 Å². The highest BCUT2D eigenvalue weighted by Crippen LogP contribution is 2.22. The summed E-state index contributed by atoms with van der Waals surface area (Å²) in [6.07, 6.45) is 3.48. The smallest absolute Gasteiger partial charge is 0.270 e. The SMILES string of the molecule is Cl.O=C(NC1CCNCC1)c1cc(-c2ccco2)nn1-c1ccccc1. The minimum absolute atomic E-state index is 0. The van der Waals surface area contributed by atoms with Crippen LogP contribution in [0.3, 0.4) is 0 Å². The number of halogens is 1. The van der Waals surface area contributed by atoms with Gasteiger partial charge in [-0.2, -0.15) is 5.10 Å². The summed E-state index contributed by atoms with van der Waals surface area (Å²) in [6.45, 7) is 1.86. The standard InChI is InChI=1S/C19H20N4O2.ClH/c24-19(21-14-8-10-20-11-9-14)17-13-16(18-7-4-12-25-18)22-23(17)15-5-2-1-3-6-15;/h1-7,12-14,20H,8-11H2,(H,21,24);1H. The molecule has 0 radical (unpaired) electrons. The Hall–Kier alpha value is -2.57. The Balaban J connectivity index is 0.00000196. The summed E-state index contributed by atoms with van der Waals surface area (Å²) < 4.78 is 7.11. The molecule has 26 heavy (non-hydrogen) atoms. The van der Waals surface area contributed by atoms with E-state index in [-0.39, 0.29) is 24.4 Å². The number of carbonyl (C=O) groups is 1. The summed E-state index contributed by atoms with van der Waals surface area (Å²) in [5.41, 5.74) is 2.00. The number of para-hydroxylation sites is 1. The monoisotopic (exact) mass is 372 g/mol. The average molecular weight is 373 g/mol. The van der Waals surface area contributed by atoms with Crippen LogP contribution in [-0.4, -0.2) is 34.8 Å². The Morgan fingerprint density at radius 1 is 1.15 bits per heavy atom. The minimum Gasteiger partial charge on any atom is -0.463 e. The Morgan fingerprint density at radius 2 is 1.92 bits per heavy atom. The topological polar surface area (TPSA) is 72.1 Å². The van der Waals surface area contributed by atoms with Crippen LogP contribution in [0.2, 0.25) is 0 Å². The first-order valence-corrected chi connectivity index (χ1v) is 8.52. The lowest BCUT2D eigenvalue weighted by Crippen LogP contribution is -2.43. The van der Waals surface area contributed by atoms with Crippen LogP contribution in [0.1, 0.15) is 23.3 Å². The second-order valence-corrected chi connectivity index (χ2v) is 6.14. The molecule has 3 heterocycles. The molecule has 136 valence electrons. The average Bonchev–Trinajstić information content (AvgIpc) is 3.33. The van der Waals surface area contributed by atoms with Crippen molar-refractivity contribution in [2.24, 2.45) is 0 Å². The molecule has 6 nitrogen and oxygen atoms in total. The van der Waals surface area contributed by atoms with Gasteiger partial charge in [0.05, 0.1) is 12.0 Å². The predicted octanol–water partition coefficient (Wildman–Crippen LogP) is 3.04. The molecule has 1 aliphatic rings. The molecule has 1 fully saturated rings. The fourth-order valence-electron chi connectivity index (χ4n) is 3.08. The second kappa shape index (κ2) is 8.21. The van der Waals surface area contributed by atoms with Gasteiger partial charge in [-0.3, -0.25) is 4.79 Å². The lowest BCUT2D eigenvalue weighted by molar-refractivity contribution is 0.0921. The third-order valence-electron chi connectivity index (χ3n) is 4.39. The number of hydrogen-bond donors (Lipinski definition) is 2. The lowest BCUT2D eigenvalue weighted by Gasteiger charge is -2.23. The van der Waals surface area contributed by atoms with E-state index in [0.717, 1.165) is 31.6 Å². The molecule has 0 aliphatic carbocycles. The van der Waals surface area contributed by atoms with Gasteiger partial charge in [0.2, 0.25) is 0 Å². The van der Waals surface area contributed by atoms with Gasteiger partial charge >= 0.3 is 0 Å². The fraction of sp³-hybridized carbons (Fsp3) is 0.263. The molecule has 1 saturated heterocycles. The first-order valence-electron chi connectivity index (χ1n) is 8.52. The van der Waals surface area contributed by atoms with Crippen LogP contribution in [0.4, 0.5) is 0 Å². The van der Waals surface area contributed by atoms with Crippen LogP contribution in [0.5, 0.6) is 0 Å². The van der Waals surface area contributed by atoms with Crippen molar-refractivity contribution in [2.45, 2.75) is 18.9 Å². The largest absolute Gasteiger partial charge is 0.463 e. The highest BCUT2D eigenvalue weighted by molar-refractivity contribution is 5.94. The predicted molar refractivity (Wildman–Crippen MR) is 102 cm³/mol. The van der Waals surface area contributed by atoms with Crippen molar-refractivity contribution >= 4 is 18.3 Å². The van der Waals surface area contributed by atoms with Gasteiger partial charge in [-0.15, -0.1) is 12.4 Å². The Kier molecular flexibility index (Phi) is 5.75. The van der Waals surface area contributed by atoms with E-state index in [4.69, 9.17) is 4.42 Å². The zero-order valence-electron chi connectivity index (χ0n) is 14.2. The molecule has 0 saturated carbocycles. The van der Waals surface area contributed by atoms with Crippen molar-refractivity contribution in [2.75, 3.05) is 13.1 Å². The molecule has 3 aromatic rings. The lowest BCUT2D eigenvalue weighted by atomic mass is 10.1. The number of benzene rings is 1. The maximum absolute atomic E-state index is 12.9. The van der Waals surface area contributed by atoms with Crippen LogP contribution < -0.4 is 10.6 Å². The van der Waals surface area contributed by atoms with E-state index in [1.54, 1.807) is 17.0 Å². The molecule has 0 unspecified atom stereocenters. The molecule has 0 atom stereocenters. The molecule has 0 bridgehead atoms. The molecule has 0 spiro atoms. The maximum Gasteiger partial charge on any atom is 0.270 e. The van der Waals surface area contributed by atoms with Crippen molar-refractivity contribution in [3.05, 3.63) is 60.5 Å². The van der Waals surface area contributed by atoms with E-state index >= 15 is 0 Å². The van der Waals surface area contributed by atoms with Gasteiger partial charge in [-0.1, -0.05) is 18.2 Å². The minimum atomic E-state index is -0.110. The van der Waals surface area contributed by atoms with Gasteiger partial charge in [-0.25, -0.2) is 4.68 Å². The molecular weight excluding hydrogens is 352 g/mol. The number of nitrogens with zero attached hydrogens (tertiary/aromatic N) is 2. The Bertz CT molecular complexity index is 840. The van der Waals surface area contributed by atoms with E-state index in [9.17, 15) is 4.79 Å². The number of hydrogen-bond acceptors (Lipinski definition) is 4. The summed E-state index contributed by atoms with van der Waals surface area (Å²) in [7, 11) is 0. The first-order chi connectivity index (χ1) is 12.3. The highest BCUT2D eigenvalue weighted by atomic mass is 35.5. The van der Waals surface area contributed by atoms with Crippen LogP contribution in [0.15, 0.2) is 59.2 Å². The van der Waals surface area contributed by atoms with Crippen LogP contribution in [0, 0.1) is 0 Å². The van der Waals surface area contributed by atoms with Crippen molar-refractivity contribution in [1.82, 2.24) is 20.4 Å². The molecule has 1 aliphatic heterocycles. The number of amides is 1. The van der Waals surface area contributed by atoms with Crippen molar-refractivity contribution < 1.29 is 9.21 Å². The molecule has 7 heteroatoms. The van der Waals surface area contributed by atoms with Crippen molar-refractivity contribution in [1.29, 1.82) is 0 Å². The summed E-state index contributed by atoms with van der Waals surface area (Å²) >= 11 is 0. The summed E-state index contributed by atoms with van der Waals surface area (Å²) in [4.78, 5) is 12.9. The maximum atomic E-state index is 12.9. The summed E-state index contributed by atoms with van der Waals surface area (Å²) in [6, 6.07) is 15.3. The van der Waals surface area contributed by atoms with Gasteiger partial charge in [0.1, 0.15) is 11.4 Å². The number of carbonyl (C=O) groups excluding carboxylic acids is 1. The van der Waals surface area contributed by atoms with Gasteiger partial charge in [-0.05, 0) is 50.2 Å². The number of furan rings is 1. The van der Waals surface area contributed by atoms with Gasteiger partial charge in [0, 0.05) is 12.1 Å². The molecule has 1 amide bonds. The molecule has 1 aromatic carbocycles. The van der Waals surface area contributed by atoms with Gasteiger partial charge in [0.15, 0.2) is 5.76 Å². The van der Waals surface area contributed by atoms with Crippen LogP contribution in [-0.2, 0) is 0 Å². The van der Waals surface area contributed by atoms with E-state index in [1.165, 1.54) is 0 Å². The number of rotatable bonds is 4. The van der Waals surface area contributed by atoms with Crippen LogP contribution in [0.25, 0.3) is 17.1 Å². The summed E-state index contributed by atoms with van der Waals surface area (Å²) in [5, 5.41) is 11.0. The van der Waals surface area contributed by atoms with Crippen molar-refractivity contribution in [3.63, 3.8) is 0 Å². The third kappa shape index (κ3) is 3.81. The zero-order chi connectivity index (χ0) is 17.1. The van der Waals surface area contributed by atoms with E-state index in [0.29, 0.717) is 17.1 Å². The second-order valence-electron chi connectivity index (χ2n) is 6.14. The molecule has 4 rings (SSSR count). The zero-order valence-corrected chi connectivity index (χ0v) is 15.0. The van der Waals surface area contributed by atoms with E-state index in [1.807, 2.05) is 42.5 Å². The quantitative estimate of drug-likeness (QED) is 0.738. The Morgan fingerprint density at radius 3 is 2.62 bits per heavy atom. The molecule has 2 aromatic heterocycles. The number of piperidine rings is 1. The molecular formula is C19H21ClN4O2. The number of aromatic nitrogens is 2. The van der Waals surface area contributed by atoms with Gasteiger partial charge < -0.3 is 15.1 Å². The first kappa shape index (κ1) is 18.2. The highest BCUT2D eigenvalue weighted by Gasteiger charge is 2.22. The summed E-state index contributed by atoms with van der Waals surface area (Å²) in [5.74, 6) is 0.534. The fourth-order valence-corrected chi connectivity index (χ4v) is 3.08.